The number of thiazole rings is 1. The molecule has 0 radical (unpaired) electrons. The average Bonchev–Trinajstić information content (AvgIpc) is 3.32. The predicted molar refractivity (Wildman–Crippen MR) is 96.5 cm³/mol. The first kappa shape index (κ1) is 15.0. The third-order valence-corrected chi connectivity index (χ3v) is 4.84. The molecule has 9 heteroatoms. The molecular weight excluding hydrogens is 346 g/mol. The summed E-state index contributed by atoms with van der Waals surface area (Å²) in [6, 6.07) is 7.83. The van der Waals surface area contributed by atoms with Crippen molar-refractivity contribution < 1.29 is 0 Å². The average molecular weight is 358 g/mol. The van der Waals surface area contributed by atoms with Crippen molar-refractivity contribution in [3.63, 3.8) is 0 Å². The second-order valence-electron chi connectivity index (χ2n) is 5.16. The Labute approximate surface area is 146 Å². The van der Waals surface area contributed by atoms with Gasteiger partial charge in [-0.1, -0.05) is 5.21 Å². The molecule has 0 aliphatic carbocycles. The summed E-state index contributed by atoms with van der Waals surface area (Å²) in [5, 5.41) is 12.8. The zero-order chi connectivity index (χ0) is 15.2. The number of fused-ring (bicyclic) bond motifs is 3. The summed E-state index contributed by atoms with van der Waals surface area (Å²) in [6.45, 7) is 1.68. The maximum Gasteiger partial charge on any atom is 0.159 e. The van der Waals surface area contributed by atoms with Crippen LogP contribution in [0.4, 0.5) is 0 Å². The van der Waals surface area contributed by atoms with E-state index in [2.05, 4.69) is 30.6 Å². The molecule has 1 N–H and O–H groups in total. The maximum atomic E-state index is 4.67. The van der Waals surface area contributed by atoms with E-state index in [1.165, 1.54) is 0 Å². The third kappa shape index (κ3) is 2.22. The summed E-state index contributed by atoms with van der Waals surface area (Å²) >= 11 is 1.60. The molecule has 0 fully saturated rings. The molecule has 7 nitrogen and oxygen atoms in total. The second-order valence-corrected chi connectivity index (χ2v) is 6.16. The number of aromatic nitrogens is 5. The Bertz CT molecular complexity index is 1050. The van der Waals surface area contributed by atoms with E-state index in [4.69, 9.17) is 0 Å². The lowest BCUT2D eigenvalue weighted by Crippen LogP contribution is -2.18. The molecule has 0 spiro atoms. The van der Waals surface area contributed by atoms with E-state index >= 15 is 0 Å². The van der Waals surface area contributed by atoms with Crippen LogP contribution in [-0.4, -0.2) is 43.9 Å². The number of benzene rings is 1. The monoisotopic (exact) mass is 357 g/mol. The van der Waals surface area contributed by atoms with Gasteiger partial charge in [-0.3, -0.25) is 9.98 Å². The number of aliphatic imine (C=N–C) groups is 1. The summed E-state index contributed by atoms with van der Waals surface area (Å²) in [6.07, 6.45) is 3.49. The standard InChI is InChI=1S/C15H11N7S.ClH/c1-2-11-12(20-21-22(11)9-3-5-16-6-4-9)13-10(1)19-15(23-13)14-17-7-8-18-14;/h1-6H,7-8H2,(H,17,18);1H. The predicted octanol–water partition coefficient (Wildman–Crippen LogP) is 2.20. The molecule has 0 atom stereocenters. The molecular formula is C15H12ClN7S. The highest BCUT2D eigenvalue weighted by Crippen LogP contribution is 2.30. The number of nitrogens with one attached hydrogen (secondary N) is 1. The maximum absolute atomic E-state index is 4.67. The van der Waals surface area contributed by atoms with Gasteiger partial charge in [0.15, 0.2) is 10.8 Å². The molecule has 0 bridgehead atoms. The van der Waals surface area contributed by atoms with Crippen LogP contribution in [0.3, 0.4) is 0 Å². The summed E-state index contributed by atoms with van der Waals surface area (Å²) in [7, 11) is 0. The highest BCUT2D eigenvalue weighted by Gasteiger charge is 2.17. The van der Waals surface area contributed by atoms with Gasteiger partial charge in [-0.2, -0.15) is 0 Å². The van der Waals surface area contributed by atoms with Crippen LogP contribution in [0.25, 0.3) is 26.9 Å². The molecule has 0 saturated heterocycles. The van der Waals surface area contributed by atoms with Gasteiger partial charge in [0, 0.05) is 18.9 Å². The van der Waals surface area contributed by atoms with Gasteiger partial charge in [0.2, 0.25) is 0 Å². The molecule has 24 heavy (non-hydrogen) atoms. The highest BCUT2D eigenvalue weighted by atomic mass is 35.5. The minimum atomic E-state index is 0. The molecule has 0 unspecified atom stereocenters. The molecule has 4 aromatic rings. The SMILES string of the molecule is Cl.c1cc(-n2nnc3c4sc(C5=NCCN5)nc4ccc32)ccn1. The second kappa shape index (κ2) is 5.81. The topological polar surface area (TPSA) is 80.9 Å². The van der Waals surface area contributed by atoms with Crippen LogP contribution < -0.4 is 5.32 Å². The quantitative estimate of drug-likeness (QED) is 0.594. The molecule has 3 aromatic heterocycles. The van der Waals surface area contributed by atoms with E-state index in [1.807, 2.05) is 28.9 Å². The first-order valence-corrected chi connectivity index (χ1v) is 8.06. The van der Waals surface area contributed by atoms with Gasteiger partial charge in [0.25, 0.3) is 0 Å². The molecule has 0 amide bonds. The smallest absolute Gasteiger partial charge is 0.159 e. The summed E-state index contributed by atoms with van der Waals surface area (Å²) in [4.78, 5) is 13.1. The first-order chi connectivity index (χ1) is 11.4. The Kier molecular flexibility index (Phi) is 3.62. The van der Waals surface area contributed by atoms with E-state index in [0.717, 1.165) is 50.9 Å². The van der Waals surface area contributed by atoms with Gasteiger partial charge in [-0.15, -0.1) is 28.8 Å². The molecule has 5 rings (SSSR count). The van der Waals surface area contributed by atoms with Crippen molar-refractivity contribution in [3.8, 4) is 5.69 Å². The third-order valence-electron chi connectivity index (χ3n) is 3.76. The van der Waals surface area contributed by atoms with Gasteiger partial charge in [-0.05, 0) is 24.3 Å². The fourth-order valence-electron chi connectivity index (χ4n) is 2.69. The largest absolute Gasteiger partial charge is 0.366 e. The Hall–Kier alpha value is -2.58. The molecule has 1 aliphatic heterocycles. The van der Waals surface area contributed by atoms with Gasteiger partial charge in [0.1, 0.15) is 5.52 Å². The minimum absolute atomic E-state index is 0. The van der Waals surface area contributed by atoms with E-state index in [9.17, 15) is 0 Å². The van der Waals surface area contributed by atoms with E-state index < -0.39 is 0 Å². The first-order valence-electron chi connectivity index (χ1n) is 7.24. The number of nitrogens with zero attached hydrogens (tertiary/aromatic N) is 6. The van der Waals surface area contributed by atoms with Crippen LogP contribution in [0.1, 0.15) is 5.01 Å². The zero-order valence-corrected chi connectivity index (χ0v) is 14.0. The van der Waals surface area contributed by atoms with E-state index in [1.54, 1.807) is 23.7 Å². The van der Waals surface area contributed by atoms with Crippen LogP contribution in [0.5, 0.6) is 0 Å². The fourth-order valence-corrected chi connectivity index (χ4v) is 3.72. The van der Waals surface area contributed by atoms with Gasteiger partial charge in [0.05, 0.1) is 28.0 Å². The molecule has 0 saturated carbocycles. The highest BCUT2D eigenvalue weighted by molar-refractivity contribution is 7.21. The fraction of sp³-hybridized carbons (Fsp3) is 0.133. The van der Waals surface area contributed by atoms with Gasteiger partial charge >= 0.3 is 0 Å². The van der Waals surface area contributed by atoms with Gasteiger partial charge < -0.3 is 5.32 Å². The van der Waals surface area contributed by atoms with Crippen LogP contribution in [-0.2, 0) is 0 Å². The molecule has 1 aromatic carbocycles. The normalized spacial score (nSPS) is 13.8. The number of pyridine rings is 1. The Morgan fingerprint density at radius 2 is 2.00 bits per heavy atom. The van der Waals surface area contributed by atoms with Crippen molar-refractivity contribution in [1.29, 1.82) is 0 Å². The van der Waals surface area contributed by atoms with E-state index in [-0.39, 0.29) is 12.4 Å². The van der Waals surface area contributed by atoms with Crippen molar-refractivity contribution >= 4 is 50.8 Å². The van der Waals surface area contributed by atoms with Gasteiger partial charge in [-0.25, -0.2) is 9.67 Å². The summed E-state index contributed by atoms with van der Waals surface area (Å²) < 4.78 is 2.86. The van der Waals surface area contributed by atoms with Crippen LogP contribution in [0, 0.1) is 0 Å². The molecule has 120 valence electrons. The van der Waals surface area contributed by atoms with Crippen LogP contribution in [0.2, 0.25) is 0 Å². The van der Waals surface area contributed by atoms with Crippen molar-refractivity contribution in [2.75, 3.05) is 13.1 Å². The van der Waals surface area contributed by atoms with E-state index in [0.29, 0.717) is 0 Å². The number of amidine groups is 1. The zero-order valence-electron chi connectivity index (χ0n) is 12.4. The van der Waals surface area contributed by atoms with Crippen LogP contribution in [0.15, 0.2) is 41.7 Å². The lowest BCUT2D eigenvalue weighted by molar-refractivity contribution is 0.822. The summed E-state index contributed by atoms with van der Waals surface area (Å²) in [5.74, 6) is 0.876. The number of halogens is 1. The number of hydrogen-bond donors (Lipinski definition) is 1. The van der Waals surface area contributed by atoms with Crippen molar-refractivity contribution in [1.82, 2.24) is 30.3 Å². The molecule has 1 aliphatic rings. The Balaban J connectivity index is 0.00000146. The number of rotatable bonds is 2. The Morgan fingerprint density at radius 3 is 2.79 bits per heavy atom. The Morgan fingerprint density at radius 1 is 1.12 bits per heavy atom. The summed E-state index contributed by atoms with van der Waals surface area (Å²) in [5.41, 5.74) is 3.69. The minimum Gasteiger partial charge on any atom is -0.366 e. The van der Waals surface area contributed by atoms with Crippen molar-refractivity contribution in [2.24, 2.45) is 4.99 Å². The lowest BCUT2D eigenvalue weighted by Gasteiger charge is -2.00. The van der Waals surface area contributed by atoms with Crippen molar-refractivity contribution in [3.05, 3.63) is 41.7 Å². The van der Waals surface area contributed by atoms with Crippen LogP contribution >= 0.6 is 23.7 Å². The van der Waals surface area contributed by atoms with Crippen molar-refractivity contribution in [2.45, 2.75) is 0 Å². The molecule has 4 heterocycles. The number of hydrogen-bond acceptors (Lipinski definition) is 7. The lowest BCUT2D eigenvalue weighted by atomic mass is 10.3.